The van der Waals surface area contributed by atoms with E-state index in [0.29, 0.717) is 10.6 Å². The van der Waals surface area contributed by atoms with Crippen LogP contribution >= 0.6 is 23.2 Å². The van der Waals surface area contributed by atoms with Crippen molar-refractivity contribution >= 4 is 23.2 Å². The minimum absolute atomic E-state index is 0.247. The number of hydrogen-bond donors (Lipinski definition) is 0. The van der Waals surface area contributed by atoms with Gasteiger partial charge in [-0.3, -0.25) is 0 Å². The van der Waals surface area contributed by atoms with Gasteiger partial charge in [0.2, 0.25) is 0 Å². The second kappa shape index (κ2) is 5.52. The Kier molecular flexibility index (Phi) is 4.17. The normalized spacial score (nSPS) is 12.5. The first-order chi connectivity index (χ1) is 8.90. The Morgan fingerprint density at radius 2 is 1.58 bits per heavy atom. The Bertz CT molecular complexity index is 620. The Labute approximate surface area is 123 Å². The molecule has 3 heteroatoms. The highest BCUT2D eigenvalue weighted by Gasteiger charge is 2.16. The molecule has 0 heterocycles. The van der Waals surface area contributed by atoms with Crippen molar-refractivity contribution in [1.82, 2.24) is 0 Å². The van der Waals surface area contributed by atoms with E-state index >= 15 is 0 Å². The van der Waals surface area contributed by atoms with Crippen LogP contribution in [0.2, 0.25) is 5.02 Å². The van der Waals surface area contributed by atoms with Gasteiger partial charge in [0, 0.05) is 5.02 Å². The predicted octanol–water partition coefficient (Wildman–Crippen LogP) is 5.73. The van der Waals surface area contributed by atoms with Crippen LogP contribution in [0.15, 0.2) is 30.3 Å². The van der Waals surface area contributed by atoms with Gasteiger partial charge in [-0.15, -0.1) is 11.6 Å². The van der Waals surface area contributed by atoms with Gasteiger partial charge in [-0.1, -0.05) is 29.8 Å². The third kappa shape index (κ3) is 2.93. The molecule has 0 saturated carbocycles. The van der Waals surface area contributed by atoms with Gasteiger partial charge in [0.15, 0.2) is 0 Å². The number of rotatable bonds is 2. The summed E-state index contributed by atoms with van der Waals surface area (Å²) in [5.41, 5.74) is 4.38. The van der Waals surface area contributed by atoms with Crippen molar-refractivity contribution < 1.29 is 4.39 Å². The van der Waals surface area contributed by atoms with Crippen LogP contribution in [-0.2, 0) is 0 Å². The van der Waals surface area contributed by atoms with Gasteiger partial charge < -0.3 is 0 Å². The molecular weight excluding hydrogens is 282 g/mol. The highest BCUT2D eigenvalue weighted by atomic mass is 35.5. The Hall–Kier alpha value is -1.05. The Morgan fingerprint density at radius 3 is 2.21 bits per heavy atom. The highest BCUT2D eigenvalue weighted by Crippen LogP contribution is 2.35. The molecule has 0 amide bonds. The lowest BCUT2D eigenvalue weighted by molar-refractivity contribution is 0.616. The summed E-state index contributed by atoms with van der Waals surface area (Å²) in [6.45, 7) is 5.74. The maximum absolute atomic E-state index is 13.6. The molecule has 2 aromatic rings. The lowest BCUT2D eigenvalue weighted by Crippen LogP contribution is -1.98. The fourth-order valence-corrected chi connectivity index (χ4v) is 2.64. The zero-order chi connectivity index (χ0) is 14.2. The molecule has 100 valence electrons. The fraction of sp³-hybridized carbons (Fsp3) is 0.250. The van der Waals surface area contributed by atoms with Crippen LogP contribution in [0.1, 0.15) is 33.2 Å². The number of aryl methyl sites for hydroxylation is 3. The summed E-state index contributed by atoms with van der Waals surface area (Å²) in [7, 11) is 0. The molecule has 19 heavy (non-hydrogen) atoms. The zero-order valence-electron chi connectivity index (χ0n) is 11.1. The van der Waals surface area contributed by atoms with Crippen LogP contribution in [0.3, 0.4) is 0 Å². The molecule has 1 atom stereocenters. The SMILES string of the molecule is Cc1cc(Cl)c(C(Cl)c2ccc(C)c(F)c2)cc1C. The molecule has 0 bridgehead atoms. The minimum Gasteiger partial charge on any atom is -0.207 e. The lowest BCUT2D eigenvalue weighted by atomic mass is 9.99. The van der Waals surface area contributed by atoms with E-state index < -0.39 is 5.38 Å². The average molecular weight is 297 g/mol. The van der Waals surface area contributed by atoms with E-state index in [1.165, 1.54) is 6.07 Å². The first kappa shape index (κ1) is 14.4. The molecule has 0 aliphatic carbocycles. The Morgan fingerprint density at radius 1 is 0.947 bits per heavy atom. The number of hydrogen-bond acceptors (Lipinski definition) is 0. The van der Waals surface area contributed by atoms with Gasteiger partial charge in [-0.2, -0.15) is 0 Å². The van der Waals surface area contributed by atoms with E-state index in [2.05, 4.69) is 0 Å². The fourth-order valence-electron chi connectivity index (χ4n) is 1.94. The smallest absolute Gasteiger partial charge is 0.126 e. The van der Waals surface area contributed by atoms with Crippen molar-refractivity contribution in [2.45, 2.75) is 26.1 Å². The number of alkyl halides is 1. The molecule has 2 aromatic carbocycles. The summed E-state index contributed by atoms with van der Waals surface area (Å²) in [6.07, 6.45) is 0. The average Bonchev–Trinajstić information content (AvgIpc) is 2.36. The molecule has 0 N–H and O–H groups in total. The molecule has 0 fully saturated rings. The Balaban J connectivity index is 2.46. The van der Waals surface area contributed by atoms with Crippen molar-refractivity contribution in [1.29, 1.82) is 0 Å². The largest absolute Gasteiger partial charge is 0.207 e. The monoisotopic (exact) mass is 296 g/mol. The van der Waals surface area contributed by atoms with Crippen LogP contribution < -0.4 is 0 Å². The maximum Gasteiger partial charge on any atom is 0.126 e. The predicted molar refractivity (Wildman–Crippen MR) is 79.8 cm³/mol. The van der Waals surface area contributed by atoms with Crippen LogP contribution in [0, 0.1) is 26.6 Å². The quantitative estimate of drug-likeness (QED) is 0.621. The standard InChI is InChI=1S/C16H15Cl2F/c1-9-4-5-12(8-15(9)19)16(18)13-6-10(2)11(3)7-14(13)17/h4-8,16H,1-3H3. The van der Waals surface area contributed by atoms with Crippen molar-refractivity contribution in [2.75, 3.05) is 0 Å². The summed E-state index contributed by atoms with van der Waals surface area (Å²) < 4.78 is 13.6. The molecule has 0 nitrogen and oxygen atoms in total. The van der Waals surface area contributed by atoms with E-state index in [9.17, 15) is 4.39 Å². The first-order valence-electron chi connectivity index (χ1n) is 6.07. The topological polar surface area (TPSA) is 0 Å². The van der Waals surface area contributed by atoms with Crippen molar-refractivity contribution in [3.05, 3.63) is 69.0 Å². The zero-order valence-corrected chi connectivity index (χ0v) is 12.6. The van der Waals surface area contributed by atoms with E-state index in [-0.39, 0.29) is 5.82 Å². The van der Waals surface area contributed by atoms with Crippen molar-refractivity contribution in [3.63, 3.8) is 0 Å². The summed E-state index contributed by atoms with van der Waals surface area (Å²) in [4.78, 5) is 0. The molecule has 0 aliphatic rings. The molecule has 0 aromatic heterocycles. The first-order valence-corrected chi connectivity index (χ1v) is 6.88. The molecule has 1 unspecified atom stereocenters. The third-order valence-electron chi connectivity index (χ3n) is 3.37. The van der Waals surface area contributed by atoms with E-state index in [0.717, 1.165) is 22.3 Å². The number of benzene rings is 2. The van der Waals surface area contributed by atoms with Gasteiger partial charge in [0.05, 0.1) is 5.38 Å². The van der Waals surface area contributed by atoms with Gasteiger partial charge in [0.25, 0.3) is 0 Å². The lowest BCUT2D eigenvalue weighted by Gasteiger charge is -2.15. The van der Waals surface area contributed by atoms with E-state index in [4.69, 9.17) is 23.2 Å². The summed E-state index contributed by atoms with van der Waals surface area (Å²) >= 11 is 12.7. The van der Waals surface area contributed by atoms with Crippen LogP contribution in [-0.4, -0.2) is 0 Å². The second-order valence-corrected chi connectivity index (χ2v) is 5.67. The van der Waals surface area contributed by atoms with Gasteiger partial charge in [0.1, 0.15) is 5.82 Å². The van der Waals surface area contributed by atoms with Crippen molar-refractivity contribution in [2.24, 2.45) is 0 Å². The summed E-state index contributed by atoms with van der Waals surface area (Å²) in [5.74, 6) is -0.247. The molecule has 0 radical (unpaired) electrons. The second-order valence-electron chi connectivity index (χ2n) is 4.83. The molecule has 0 spiro atoms. The molecule has 2 rings (SSSR count). The van der Waals surface area contributed by atoms with Gasteiger partial charge >= 0.3 is 0 Å². The molecule has 0 saturated heterocycles. The summed E-state index contributed by atoms with van der Waals surface area (Å²) in [5, 5.41) is 0.172. The van der Waals surface area contributed by atoms with Gasteiger partial charge in [-0.05, 0) is 60.7 Å². The summed E-state index contributed by atoms with van der Waals surface area (Å²) in [6, 6.07) is 8.90. The minimum atomic E-state index is -0.443. The van der Waals surface area contributed by atoms with Crippen molar-refractivity contribution in [3.8, 4) is 0 Å². The van der Waals surface area contributed by atoms with E-state index in [1.54, 1.807) is 13.0 Å². The van der Waals surface area contributed by atoms with Gasteiger partial charge in [-0.25, -0.2) is 4.39 Å². The molecule has 0 aliphatic heterocycles. The van der Waals surface area contributed by atoms with Crippen LogP contribution in [0.25, 0.3) is 0 Å². The maximum atomic E-state index is 13.6. The van der Waals surface area contributed by atoms with Crippen LogP contribution in [0.5, 0.6) is 0 Å². The molecular formula is C16H15Cl2F. The highest BCUT2D eigenvalue weighted by molar-refractivity contribution is 6.33. The van der Waals surface area contributed by atoms with E-state index in [1.807, 2.05) is 32.0 Å². The van der Waals surface area contributed by atoms with Crippen LogP contribution in [0.4, 0.5) is 4.39 Å². The third-order valence-corrected chi connectivity index (χ3v) is 4.19. The number of halogens is 3.